The molecule has 114 valence electrons. The normalized spacial score (nSPS) is 21.8. The highest BCUT2D eigenvalue weighted by atomic mass is 32.2. The molecule has 0 spiro atoms. The van der Waals surface area contributed by atoms with Crippen LogP contribution in [0.5, 0.6) is 0 Å². The summed E-state index contributed by atoms with van der Waals surface area (Å²) < 4.78 is 60.8. The zero-order valence-corrected chi connectivity index (χ0v) is 11.9. The average Bonchev–Trinajstić information content (AvgIpc) is 2.28. The van der Waals surface area contributed by atoms with Crippen molar-refractivity contribution in [1.82, 2.24) is 9.62 Å². The Hall–Kier alpha value is -0.340. The Morgan fingerprint density at radius 2 is 2.00 bits per heavy atom. The van der Waals surface area contributed by atoms with Crippen molar-refractivity contribution in [3.8, 4) is 0 Å². The van der Waals surface area contributed by atoms with Crippen molar-refractivity contribution in [1.29, 1.82) is 0 Å². The second-order valence-corrected chi connectivity index (χ2v) is 7.16. The third-order valence-electron chi connectivity index (χ3n) is 3.23. The summed E-state index contributed by atoms with van der Waals surface area (Å²) >= 11 is 0. The molecule has 1 rings (SSSR count). The molecule has 0 amide bonds. The monoisotopic (exact) mass is 302 g/mol. The summed E-state index contributed by atoms with van der Waals surface area (Å²) in [6, 6.07) is 0.108. The van der Waals surface area contributed by atoms with Gasteiger partial charge in [-0.2, -0.15) is 13.2 Å². The highest BCUT2D eigenvalue weighted by Gasteiger charge is 2.29. The molecule has 0 aromatic rings. The minimum Gasteiger partial charge on any atom is -0.313 e. The van der Waals surface area contributed by atoms with E-state index in [-0.39, 0.29) is 12.5 Å². The van der Waals surface area contributed by atoms with Crippen LogP contribution in [0.15, 0.2) is 0 Å². The van der Waals surface area contributed by atoms with Gasteiger partial charge in [-0.05, 0) is 25.8 Å². The van der Waals surface area contributed by atoms with Gasteiger partial charge in [-0.1, -0.05) is 6.42 Å². The van der Waals surface area contributed by atoms with Gasteiger partial charge in [-0.15, -0.1) is 0 Å². The molecule has 19 heavy (non-hydrogen) atoms. The SMILES string of the molecule is CN(CC1CCCCN1)S(=O)(=O)CCCC(F)(F)F. The van der Waals surface area contributed by atoms with Gasteiger partial charge in [0.1, 0.15) is 0 Å². The predicted molar refractivity (Wildman–Crippen MR) is 67.3 cm³/mol. The fourth-order valence-electron chi connectivity index (χ4n) is 2.11. The van der Waals surface area contributed by atoms with Crippen LogP contribution in [0, 0.1) is 0 Å². The molecule has 1 fully saturated rings. The van der Waals surface area contributed by atoms with Gasteiger partial charge in [0.25, 0.3) is 0 Å². The first-order valence-corrected chi connectivity index (χ1v) is 8.06. The predicted octanol–water partition coefficient (Wildman–Crippen LogP) is 1.73. The van der Waals surface area contributed by atoms with Crippen LogP contribution in [0.1, 0.15) is 32.1 Å². The summed E-state index contributed by atoms with van der Waals surface area (Å²) in [5, 5.41) is 3.22. The van der Waals surface area contributed by atoms with E-state index < -0.39 is 28.4 Å². The third-order valence-corrected chi connectivity index (χ3v) is 5.13. The minimum absolute atomic E-state index is 0.108. The number of nitrogens with zero attached hydrogens (tertiary/aromatic N) is 1. The largest absolute Gasteiger partial charge is 0.389 e. The lowest BCUT2D eigenvalue weighted by atomic mass is 10.1. The van der Waals surface area contributed by atoms with Crippen LogP contribution in [0.2, 0.25) is 0 Å². The topological polar surface area (TPSA) is 49.4 Å². The molecule has 1 atom stereocenters. The van der Waals surface area contributed by atoms with Crippen molar-refractivity contribution in [3.63, 3.8) is 0 Å². The Balaban J connectivity index is 2.38. The molecule has 1 aliphatic heterocycles. The molecule has 8 heteroatoms. The first-order chi connectivity index (χ1) is 8.71. The quantitative estimate of drug-likeness (QED) is 0.813. The van der Waals surface area contributed by atoms with Crippen LogP contribution in [0.4, 0.5) is 13.2 Å². The van der Waals surface area contributed by atoms with Crippen LogP contribution < -0.4 is 5.32 Å². The van der Waals surface area contributed by atoms with E-state index in [9.17, 15) is 21.6 Å². The van der Waals surface area contributed by atoms with Crippen LogP contribution in [-0.2, 0) is 10.0 Å². The van der Waals surface area contributed by atoms with Gasteiger partial charge in [-0.25, -0.2) is 12.7 Å². The van der Waals surface area contributed by atoms with E-state index >= 15 is 0 Å². The van der Waals surface area contributed by atoms with E-state index in [2.05, 4.69) is 5.32 Å². The highest BCUT2D eigenvalue weighted by molar-refractivity contribution is 7.89. The first-order valence-electron chi connectivity index (χ1n) is 6.45. The van der Waals surface area contributed by atoms with Crippen molar-refractivity contribution < 1.29 is 21.6 Å². The maximum atomic E-state index is 12.0. The molecule has 4 nitrogen and oxygen atoms in total. The average molecular weight is 302 g/mol. The van der Waals surface area contributed by atoms with Crippen LogP contribution in [0.3, 0.4) is 0 Å². The van der Waals surface area contributed by atoms with Crippen LogP contribution in [-0.4, -0.2) is 50.8 Å². The fraction of sp³-hybridized carbons (Fsp3) is 1.00. The smallest absolute Gasteiger partial charge is 0.313 e. The molecular formula is C11H21F3N2O2S. The van der Waals surface area contributed by atoms with E-state index in [1.165, 1.54) is 11.4 Å². The maximum absolute atomic E-state index is 12.0. The second-order valence-electron chi connectivity index (χ2n) is 4.96. The lowest BCUT2D eigenvalue weighted by Gasteiger charge is -2.27. The van der Waals surface area contributed by atoms with Crippen molar-refractivity contribution in [3.05, 3.63) is 0 Å². The minimum atomic E-state index is -4.29. The summed E-state index contributed by atoms with van der Waals surface area (Å²) in [6.07, 6.45) is -2.68. The standard InChI is InChI=1S/C11H21F3N2O2S/c1-16(9-10-5-2-3-7-15-10)19(17,18)8-4-6-11(12,13)14/h10,15H,2-9H2,1H3. The number of alkyl halides is 3. The molecule has 0 aromatic heterocycles. The van der Waals surface area contributed by atoms with E-state index in [0.29, 0.717) is 6.54 Å². The lowest BCUT2D eigenvalue weighted by molar-refractivity contribution is -0.134. The van der Waals surface area contributed by atoms with Gasteiger partial charge < -0.3 is 5.32 Å². The molecule has 1 aliphatic rings. The molecule has 0 saturated carbocycles. The van der Waals surface area contributed by atoms with Crippen LogP contribution in [0.25, 0.3) is 0 Å². The molecule has 1 unspecified atom stereocenters. The molecule has 0 aromatic carbocycles. The summed E-state index contributed by atoms with van der Waals surface area (Å²) in [7, 11) is -2.16. The second kappa shape index (κ2) is 6.90. The number of rotatable bonds is 6. The number of halogens is 3. The number of nitrogens with one attached hydrogen (secondary N) is 1. The van der Waals surface area contributed by atoms with Crippen molar-refractivity contribution in [2.75, 3.05) is 25.9 Å². The van der Waals surface area contributed by atoms with Gasteiger partial charge in [0.05, 0.1) is 5.75 Å². The van der Waals surface area contributed by atoms with Gasteiger partial charge >= 0.3 is 6.18 Å². The van der Waals surface area contributed by atoms with Crippen molar-refractivity contribution >= 4 is 10.0 Å². The molecule has 1 heterocycles. The van der Waals surface area contributed by atoms with E-state index in [1.807, 2.05) is 0 Å². The van der Waals surface area contributed by atoms with Gasteiger partial charge in [-0.3, -0.25) is 0 Å². The van der Waals surface area contributed by atoms with Crippen LogP contribution >= 0.6 is 0 Å². The van der Waals surface area contributed by atoms with E-state index in [1.54, 1.807) is 0 Å². The Labute approximate surface area is 112 Å². The summed E-state index contributed by atoms with van der Waals surface area (Å²) in [4.78, 5) is 0. The lowest BCUT2D eigenvalue weighted by Crippen LogP contribution is -2.44. The van der Waals surface area contributed by atoms with E-state index in [4.69, 9.17) is 0 Å². The Morgan fingerprint density at radius 3 is 2.53 bits per heavy atom. The maximum Gasteiger partial charge on any atom is 0.389 e. The molecule has 0 aliphatic carbocycles. The molecular weight excluding hydrogens is 281 g/mol. The summed E-state index contributed by atoms with van der Waals surface area (Å²) in [6.45, 7) is 1.20. The first kappa shape index (κ1) is 16.7. The summed E-state index contributed by atoms with van der Waals surface area (Å²) in [5.74, 6) is -0.449. The highest BCUT2D eigenvalue weighted by Crippen LogP contribution is 2.22. The number of hydrogen-bond donors (Lipinski definition) is 1. The Morgan fingerprint density at radius 1 is 1.32 bits per heavy atom. The number of likely N-dealkylation sites (N-methyl/N-ethyl adjacent to an activating group) is 1. The zero-order chi connectivity index (χ0) is 14.5. The van der Waals surface area contributed by atoms with Gasteiger partial charge in [0.15, 0.2) is 0 Å². The number of sulfonamides is 1. The van der Waals surface area contributed by atoms with Crippen molar-refractivity contribution in [2.24, 2.45) is 0 Å². The molecule has 1 saturated heterocycles. The Bertz CT molecular complexity index is 365. The molecule has 0 bridgehead atoms. The number of hydrogen-bond acceptors (Lipinski definition) is 3. The summed E-state index contributed by atoms with van der Waals surface area (Å²) in [5.41, 5.74) is 0. The molecule has 0 radical (unpaired) electrons. The van der Waals surface area contributed by atoms with Crippen molar-refractivity contribution in [2.45, 2.75) is 44.3 Å². The molecule has 1 N–H and O–H groups in total. The van der Waals surface area contributed by atoms with E-state index in [0.717, 1.165) is 25.8 Å². The third kappa shape index (κ3) is 6.58. The zero-order valence-electron chi connectivity index (χ0n) is 11.0. The Kier molecular flexibility index (Phi) is 6.07. The van der Waals surface area contributed by atoms with Gasteiger partial charge in [0.2, 0.25) is 10.0 Å². The number of piperidine rings is 1. The fourth-order valence-corrected chi connectivity index (χ4v) is 3.34. The van der Waals surface area contributed by atoms with Gasteiger partial charge in [0, 0.05) is 26.1 Å².